The third-order valence-corrected chi connectivity index (χ3v) is 6.41. The van der Waals surface area contributed by atoms with Gasteiger partial charge < -0.3 is 5.73 Å². The molecule has 2 rings (SSSR count). The van der Waals surface area contributed by atoms with Crippen molar-refractivity contribution in [3.63, 3.8) is 0 Å². The van der Waals surface area contributed by atoms with Crippen LogP contribution in [0.25, 0.3) is 0 Å². The molecule has 0 amide bonds. The Balaban J connectivity index is 2.38. The first-order valence-electron chi connectivity index (χ1n) is 6.93. The van der Waals surface area contributed by atoms with Crippen LogP contribution in [0.5, 0.6) is 0 Å². The standard InChI is InChI=1S/C15H20N2O2S2/c1-13-5-6-14(4-2-7-16)12-15(13)21(18,19)17-8-3-10-20-11-9-17/h5-6,12H,3,7-11,16H2,1H3. The summed E-state index contributed by atoms with van der Waals surface area (Å²) in [4.78, 5) is 0.359. The lowest BCUT2D eigenvalue weighted by molar-refractivity contribution is 0.434. The van der Waals surface area contributed by atoms with Crippen molar-refractivity contribution in [2.45, 2.75) is 18.2 Å². The number of thioether (sulfide) groups is 1. The van der Waals surface area contributed by atoms with Crippen LogP contribution in [-0.4, -0.2) is 43.9 Å². The van der Waals surface area contributed by atoms with E-state index in [0.717, 1.165) is 23.5 Å². The summed E-state index contributed by atoms with van der Waals surface area (Å²) in [6.07, 6.45) is 0.898. The molecule has 1 aromatic rings. The van der Waals surface area contributed by atoms with Gasteiger partial charge in [-0.2, -0.15) is 16.1 Å². The molecule has 114 valence electrons. The molecular weight excluding hydrogens is 304 g/mol. The molecule has 4 nitrogen and oxygen atoms in total. The Morgan fingerprint density at radius 2 is 2.14 bits per heavy atom. The first-order chi connectivity index (χ1) is 10.1. The Kier molecular flexibility index (Phi) is 5.71. The zero-order valence-electron chi connectivity index (χ0n) is 12.1. The van der Waals surface area contributed by atoms with Gasteiger partial charge in [0, 0.05) is 24.4 Å². The Morgan fingerprint density at radius 1 is 1.33 bits per heavy atom. The minimum absolute atomic E-state index is 0.263. The van der Waals surface area contributed by atoms with E-state index in [2.05, 4.69) is 11.8 Å². The monoisotopic (exact) mass is 324 g/mol. The van der Waals surface area contributed by atoms with Gasteiger partial charge in [0.25, 0.3) is 0 Å². The zero-order valence-corrected chi connectivity index (χ0v) is 13.8. The maximum atomic E-state index is 12.8. The van der Waals surface area contributed by atoms with Crippen LogP contribution in [0.4, 0.5) is 0 Å². The summed E-state index contributed by atoms with van der Waals surface area (Å²) in [6, 6.07) is 5.29. The molecular formula is C15H20N2O2S2. The first-order valence-corrected chi connectivity index (χ1v) is 9.52. The number of aryl methyl sites for hydroxylation is 1. The predicted molar refractivity (Wildman–Crippen MR) is 87.8 cm³/mol. The number of rotatable bonds is 2. The summed E-state index contributed by atoms with van der Waals surface area (Å²) in [5.41, 5.74) is 6.81. The van der Waals surface area contributed by atoms with Crippen LogP contribution in [0, 0.1) is 18.8 Å². The third kappa shape index (κ3) is 4.01. The highest BCUT2D eigenvalue weighted by atomic mass is 32.2. The SMILES string of the molecule is Cc1ccc(C#CCN)cc1S(=O)(=O)N1CCCSCC1. The zero-order chi connectivity index (χ0) is 15.3. The fraction of sp³-hybridized carbons (Fsp3) is 0.467. The van der Waals surface area contributed by atoms with Gasteiger partial charge in [0.2, 0.25) is 10.0 Å². The predicted octanol–water partition coefficient (Wildman–Crippen LogP) is 1.43. The maximum Gasteiger partial charge on any atom is 0.243 e. The van der Waals surface area contributed by atoms with Gasteiger partial charge in [-0.25, -0.2) is 8.42 Å². The number of nitrogens with two attached hydrogens (primary N) is 1. The lowest BCUT2D eigenvalue weighted by atomic mass is 10.1. The number of hydrogen-bond donors (Lipinski definition) is 1. The molecule has 0 atom stereocenters. The highest BCUT2D eigenvalue weighted by Crippen LogP contribution is 2.23. The molecule has 0 unspecified atom stereocenters. The second-order valence-corrected chi connectivity index (χ2v) is 7.99. The van der Waals surface area contributed by atoms with Gasteiger partial charge in [0.05, 0.1) is 11.4 Å². The van der Waals surface area contributed by atoms with Crippen molar-refractivity contribution in [1.82, 2.24) is 4.31 Å². The fourth-order valence-electron chi connectivity index (χ4n) is 2.21. The van der Waals surface area contributed by atoms with Crippen LogP contribution in [-0.2, 0) is 10.0 Å². The summed E-state index contributed by atoms with van der Waals surface area (Å²) in [6.45, 7) is 3.25. The second-order valence-electron chi connectivity index (χ2n) is 4.86. The van der Waals surface area contributed by atoms with Crippen LogP contribution < -0.4 is 5.73 Å². The molecule has 21 heavy (non-hydrogen) atoms. The van der Waals surface area contributed by atoms with Crippen LogP contribution in [0.2, 0.25) is 0 Å². The molecule has 0 bridgehead atoms. The highest BCUT2D eigenvalue weighted by Gasteiger charge is 2.26. The van der Waals surface area contributed by atoms with Crippen LogP contribution in [0.15, 0.2) is 23.1 Å². The molecule has 1 heterocycles. The smallest absolute Gasteiger partial charge is 0.243 e. The van der Waals surface area contributed by atoms with E-state index >= 15 is 0 Å². The molecule has 2 N–H and O–H groups in total. The third-order valence-electron chi connectivity index (χ3n) is 3.32. The molecule has 0 saturated carbocycles. The molecule has 1 aliphatic rings. The van der Waals surface area contributed by atoms with Crippen LogP contribution >= 0.6 is 11.8 Å². The molecule has 1 aromatic carbocycles. The van der Waals surface area contributed by atoms with Gasteiger partial charge in [-0.1, -0.05) is 17.9 Å². The average Bonchev–Trinajstić information content (AvgIpc) is 2.75. The van der Waals surface area contributed by atoms with Crippen molar-refractivity contribution in [1.29, 1.82) is 0 Å². The number of hydrogen-bond acceptors (Lipinski definition) is 4. The molecule has 1 aliphatic heterocycles. The number of nitrogens with zero attached hydrogens (tertiary/aromatic N) is 1. The van der Waals surface area contributed by atoms with Gasteiger partial charge in [0.1, 0.15) is 0 Å². The normalized spacial score (nSPS) is 16.9. The van der Waals surface area contributed by atoms with Crippen LogP contribution in [0.1, 0.15) is 17.5 Å². The van der Waals surface area contributed by atoms with E-state index in [1.165, 1.54) is 0 Å². The second kappa shape index (κ2) is 7.32. The van der Waals surface area contributed by atoms with Crippen molar-refractivity contribution < 1.29 is 8.42 Å². The largest absolute Gasteiger partial charge is 0.320 e. The maximum absolute atomic E-state index is 12.8. The molecule has 1 saturated heterocycles. The average molecular weight is 324 g/mol. The summed E-state index contributed by atoms with van der Waals surface area (Å²) in [5.74, 6) is 7.53. The van der Waals surface area contributed by atoms with Gasteiger partial charge in [-0.05, 0) is 36.8 Å². The summed E-state index contributed by atoms with van der Waals surface area (Å²) >= 11 is 1.81. The Morgan fingerprint density at radius 3 is 2.90 bits per heavy atom. The van der Waals surface area contributed by atoms with E-state index < -0.39 is 10.0 Å². The minimum atomic E-state index is -3.44. The summed E-state index contributed by atoms with van der Waals surface area (Å²) in [5, 5.41) is 0. The summed E-state index contributed by atoms with van der Waals surface area (Å²) in [7, 11) is -3.44. The van der Waals surface area contributed by atoms with Gasteiger partial charge in [0.15, 0.2) is 0 Å². The minimum Gasteiger partial charge on any atom is -0.320 e. The van der Waals surface area contributed by atoms with Crippen LogP contribution in [0.3, 0.4) is 0 Å². The van der Waals surface area contributed by atoms with Gasteiger partial charge in [-0.3, -0.25) is 0 Å². The van der Waals surface area contributed by atoms with Gasteiger partial charge in [-0.15, -0.1) is 0 Å². The quantitative estimate of drug-likeness (QED) is 0.836. The topological polar surface area (TPSA) is 63.4 Å². The molecule has 0 radical (unpaired) electrons. The number of benzene rings is 1. The molecule has 0 aromatic heterocycles. The lowest BCUT2D eigenvalue weighted by Crippen LogP contribution is -2.33. The molecule has 0 spiro atoms. The molecule has 6 heteroatoms. The van der Waals surface area contributed by atoms with E-state index in [-0.39, 0.29) is 6.54 Å². The van der Waals surface area contributed by atoms with E-state index in [1.807, 2.05) is 13.0 Å². The summed E-state index contributed by atoms with van der Waals surface area (Å²) < 4.78 is 27.3. The molecule has 1 fully saturated rings. The number of sulfonamides is 1. The van der Waals surface area contributed by atoms with E-state index in [9.17, 15) is 8.42 Å². The van der Waals surface area contributed by atoms with E-state index in [0.29, 0.717) is 23.5 Å². The Bertz CT molecular complexity index is 652. The van der Waals surface area contributed by atoms with E-state index in [1.54, 1.807) is 28.2 Å². The Hall–Kier alpha value is -1.000. The highest BCUT2D eigenvalue weighted by molar-refractivity contribution is 7.99. The van der Waals surface area contributed by atoms with Crippen molar-refractivity contribution in [2.75, 3.05) is 31.1 Å². The van der Waals surface area contributed by atoms with Crippen molar-refractivity contribution in [3.8, 4) is 11.8 Å². The lowest BCUT2D eigenvalue weighted by Gasteiger charge is -2.21. The first kappa shape index (κ1) is 16.4. The van der Waals surface area contributed by atoms with Crippen molar-refractivity contribution in [2.24, 2.45) is 5.73 Å². The van der Waals surface area contributed by atoms with Crippen molar-refractivity contribution in [3.05, 3.63) is 29.3 Å². The Labute approximate surface area is 131 Å². The van der Waals surface area contributed by atoms with Crippen molar-refractivity contribution >= 4 is 21.8 Å². The van der Waals surface area contributed by atoms with E-state index in [4.69, 9.17) is 5.73 Å². The fourth-order valence-corrected chi connectivity index (χ4v) is 4.94. The van der Waals surface area contributed by atoms with Gasteiger partial charge >= 0.3 is 0 Å². The molecule has 0 aliphatic carbocycles.